The Labute approximate surface area is 113 Å². The molecule has 96 valence electrons. The smallest absolute Gasteiger partial charge is 0.225 e. The van der Waals surface area contributed by atoms with E-state index < -0.39 is 5.54 Å². The Balaban J connectivity index is 2.67. The molecule has 0 aliphatic heterocycles. The Bertz CT molecular complexity index is 462. The summed E-state index contributed by atoms with van der Waals surface area (Å²) in [6.07, 6.45) is 0.251. The SMILES string of the molecule is CC(C)C(C)(C#N)NC(=O)Cc1ccc(Cl)cc1. The van der Waals surface area contributed by atoms with Gasteiger partial charge in [0.25, 0.3) is 0 Å². The van der Waals surface area contributed by atoms with Crippen molar-refractivity contribution in [2.75, 3.05) is 0 Å². The summed E-state index contributed by atoms with van der Waals surface area (Å²) in [5, 5.41) is 12.5. The second-order valence-corrected chi connectivity index (χ2v) is 5.26. The largest absolute Gasteiger partial charge is 0.338 e. The highest BCUT2D eigenvalue weighted by Gasteiger charge is 2.29. The second kappa shape index (κ2) is 5.88. The number of hydrogen-bond acceptors (Lipinski definition) is 2. The molecule has 1 unspecified atom stereocenters. The van der Waals surface area contributed by atoms with Crippen LogP contribution in [-0.2, 0) is 11.2 Å². The molecule has 1 amide bonds. The fourth-order valence-corrected chi connectivity index (χ4v) is 1.55. The van der Waals surface area contributed by atoms with E-state index in [-0.39, 0.29) is 18.2 Å². The summed E-state index contributed by atoms with van der Waals surface area (Å²) in [7, 11) is 0. The first-order valence-corrected chi connectivity index (χ1v) is 6.22. The highest BCUT2D eigenvalue weighted by Crippen LogP contribution is 2.16. The van der Waals surface area contributed by atoms with Crippen LogP contribution in [0.2, 0.25) is 5.02 Å². The van der Waals surface area contributed by atoms with E-state index >= 15 is 0 Å². The molecule has 3 nitrogen and oxygen atoms in total. The Hall–Kier alpha value is -1.53. The molecule has 18 heavy (non-hydrogen) atoms. The first-order valence-electron chi connectivity index (χ1n) is 5.84. The van der Waals surface area contributed by atoms with Crippen LogP contribution in [0.4, 0.5) is 0 Å². The zero-order valence-electron chi connectivity index (χ0n) is 10.8. The summed E-state index contributed by atoms with van der Waals surface area (Å²) < 4.78 is 0. The number of halogens is 1. The lowest BCUT2D eigenvalue weighted by Gasteiger charge is -2.27. The molecule has 4 heteroatoms. The summed E-state index contributed by atoms with van der Waals surface area (Å²) >= 11 is 5.78. The minimum Gasteiger partial charge on any atom is -0.338 e. The molecule has 1 aromatic carbocycles. The maximum atomic E-state index is 11.9. The second-order valence-electron chi connectivity index (χ2n) is 4.82. The first kappa shape index (κ1) is 14.5. The molecule has 0 bridgehead atoms. The standard InChI is InChI=1S/C14H17ClN2O/c1-10(2)14(3,9-16)17-13(18)8-11-4-6-12(15)7-5-11/h4-7,10H,8H2,1-3H3,(H,17,18). The van der Waals surface area contributed by atoms with Crippen LogP contribution >= 0.6 is 11.6 Å². The normalized spacial score (nSPS) is 13.8. The average Bonchev–Trinajstić information content (AvgIpc) is 2.31. The fraction of sp³-hybridized carbons (Fsp3) is 0.429. The third-order valence-electron chi connectivity index (χ3n) is 3.06. The van der Waals surface area contributed by atoms with Crippen molar-refractivity contribution in [3.63, 3.8) is 0 Å². The summed E-state index contributed by atoms with van der Waals surface area (Å²) in [4.78, 5) is 11.9. The van der Waals surface area contributed by atoms with Gasteiger partial charge in [-0.05, 0) is 30.5 Å². The van der Waals surface area contributed by atoms with E-state index in [1.807, 2.05) is 13.8 Å². The van der Waals surface area contributed by atoms with Crippen molar-refractivity contribution in [1.82, 2.24) is 5.32 Å². The number of nitriles is 1. The number of nitrogens with one attached hydrogen (secondary N) is 1. The number of carbonyl (C=O) groups is 1. The number of hydrogen-bond donors (Lipinski definition) is 1. The highest BCUT2D eigenvalue weighted by atomic mass is 35.5. The quantitative estimate of drug-likeness (QED) is 0.909. The van der Waals surface area contributed by atoms with Crippen molar-refractivity contribution >= 4 is 17.5 Å². The van der Waals surface area contributed by atoms with Gasteiger partial charge in [-0.2, -0.15) is 5.26 Å². The molecule has 0 aliphatic rings. The molecule has 0 saturated carbocycles. The zero-order chi connectivity index (χ0) is 13.8. The van der Waals surface area contributed by atoms with Crippen molar-refractivity contribution < 1.29 is 4.79 Å². The van der Waals surface area contributed by atoms with E-state index in [4.69, 9.17) is 16.9 Å². The molecule has 0 aromatic heterocycles. The van der Waals surface area contributed by atoms with Gasteiger partial charge in [-0.15, -0.1) is 0 Å². The summed E-state index contributed by atoms with van der Waals surface area (Å²) in [5.74, 6) is -0.105. The van der Waals surface area contributed by atoms with Crippen molar-refractivity contribution in [3.05, 3.63) is 34.9 Å². The Morgan fingerprint density at radius 3 is 2.44 bits per heavy atom. The maximum Gasteiger partial charge on any atom is 0.225 e. The molecule has 1 aromatic rings. The molecule has 0 fully saturated rings. The minimum absolute atomic E-state index is 0.0525. The van der Waals surface area contributed by atoms with Crippen molar-refractivity contribution in [1.29, 1.82) is 5.26 Å². The molecule has 0 aliphatic carbocycles. The Kier molecular flexibility index (Phi) is 4.75. The summed E-state index contributed by atoms with van der Waals surface area (Å²) in [6, 6.07) is 9.26. The van der Waals surface area contributed by atoms with E-state index in [2.05, 4.69) is 11.4 Å². The predicted octanol–water partition coefficient (Wildman–Crippen LogP) is 2.94. The van der Waals surface area contributed by atoms with Crippen LogP contribution in [0.1, 0.15) is 26.3 Å². The van der Waals surface area contributed by atoms with Crippen molar-refractivity contribution in [2.45, 2.75) is 32.7 Å². The van der Waals surface area contributed by atoms with E-state index in [9.17, 15) is 4.79 Å². The van der Waals surface area contributed by atoms with Crippen molar-refractivity contribution in [3.8, 4) is 6.07 Å². The molecule has 0 heterocycles. The van der Waals surface area contributed by atoms with Gasteiger partial charge < -0.3 is 5.32 Å². The lowest BCUT2D eigenvalue weighted by Crippen LogP contribution is -2.49. The van der Waals surface area contributed by atoms with E-state index in [1.165, 1.54) is 0 Å². The van der Waals surface area contributed by atoms with Gasteiger partial charge >= 0.3 is 0 Å². The Morgan fingerprint density at radius 2 is 2.00 bits per heavy atom. The first-order chi connectivity index (χ1) is 8.37. The summed E-state index contributed by atoms with van der Waals surface area (Å²) in [5.41, 5.74) is 0.0460. The number of nitrogens with zero attached hydrogens (tertiary/aromatic N) is 1. The molecule has 0 saturated heterocycles. The van der Waals surface area contributed by atoms with Gasteiger partial charge in [-0.25, -0.2) is 0 Å². The van der Waals surface area contributed by atoms with Crippen LogP contribution in [0.5, 0.6) is 0 Å². The number of rotatable bonds is 4. The number of benzene rings is 1. The predicted molar refractivity (Wildman–Crippen MR) is 72.2 cm³/mol. The van der Waals surface area contributed by atoms with E-state index in [0.29, 0.717) is 5.02 Å². The third-order valence-corrected chi connectivity index (χ3v) is 3.32. The van der Waals surface area contributed by atoms with Crippen LogP contribution in [0.3, 0.4) is 0 Å². The van der Waals surface area contributed by atoms with E-state index in [0.717, 1.165) is 5.56 Å². The van der Waals surface area contributed by atoms with Crippen molar-refractivity contribution in [2.24, 2.45) is 5.92 Å². The molecule has 0 radical (unpaired) electrons. The van der Waals surface area contributed by atoms with Crippen LogP contribution in [0.15, 0.2) is 24.3 Å². The van der Waals surface area contributed by atoms with Gasteiger partial charge in [0.05, 0.1) is 12.5 Å². The van der Waals surface area contributed by atoms with Gasteiger partial charge in [0.1, 0.15) is 5.54 Å². The third kappa shape index (κ3) is 3.75. The highest BCUT2D eigenvalue weighted by molar-refractivity contribution is 6.30. The van der Waals surface area contributed by atoms with Crippen LogP contribution < -0.4 is 5.32 Å². The van der Waals surface area contributed by atoms with Crippen LogP contribution in [-0.4, -0.2) is 11.4 Å². The van der Waals surface area contributed by atoms with Gasteiger partial charge in [-0.3, -0.25) is 4.79 Å². The minimum atomic E-state index is -0.830. The van der Waals surface area contributed by atoms with Gasteiger partial charge in [0.15, 0.2) is 0 Å². The number of carbonyl (C=O) groups excluding carboxylic acids is 1. The zero-order valence-corrected chi connectivity index (χ0v) is 11.6. The van der Waals surface area contributed by atoms with E-state index in [1.54, 1.807) is 31.2 Å². The lowest BCUT2D eigenvalue weighted by atomic mass is 9.90. The van der Waals surface area contributed by atoms with Gasteiger partial charge in [0.2, 0.25) is 5.91 Å². The lowest BCUT2D eigenvalue weighted by molar-refractivity contribution is -0.122. The molecular weight excluding hydrogens is 248 g/mol. The Morgan fingerprint density at radius 1 is 1.44 bits per heavy atom. The van der Waals surface area contributed by atoms with Gasteiger partial charge in [0, 0.05) is 5.02 Å². The maximum absolute atomic E-state index is 11.9. The van der Waals surface area contributed by atoms with Gasteiger partial charge in [-0.1, -0.05) is 37.6 Å². The van der Waals surface area contributed by atoms with Crippen LogP contribution in [0.25, 0.3) is 0 Å². The molecule has 1 N–H and O–H groups in total. The average molecular weight is 265 g/mol. The molecule has 1 atom stereocenters. The molecule has 1 rings (SSSR count). The monoisotopic (exact) mass is 264 g/mol. The summed E-state index contributed by atoms with van der Waals surface area (Å²) in [6.45, 7) is 5.55. The molecule has 0 spiro atoms. The fourth-order valence-electron chi connectivity index (χ4n) is 1.42. The topological polar surface area (TPSA) is 52.9 Å². The van der Waals surface area contributed by atoms with Crippen LogP contribution in [0, 0.1) is 17.2 Å². The number of amides is 1. The molecular formula is C14H17ClN2O.